The van der Waals surface area contributed by atoms with E-state index in [0.29, 0.717) is 11.3 Å². The van der Waals surface area contributed by atoms with Gasteiger partial charge in [-0.15, -0.1) is 0 Å². The second-order valence-electron chi connectivity index (χ2n) is 7.46. The van der Waals surface area contributed by atoms with E-state index in [1.807, 2.05) is 6.92 Å². The number of carbonyl (C=O) groups is 1. The highest BCUT2D eigenvalue weighted by Crippen LogP contribution is 2.65. The number of carbonyl (C=O) groups excluding carboxylic acids is 1. The molecule has 0 aliphatic heterocycles. The van der Waals surface area contributed by atoms with Crippen LogP contribution in [0.4, 0.5) is 0 Å². The number of hydrogen-bond acceptors (Lipinski definition) is 3. The molecule has 1 amide bonds. The number of hydrogen-bond donors (Lipinski definition) is 1. The van der Waals surface area contributed by atoms with Gasteiger partial charge in [-0.3, -0.25) is 14.2 Å². The van der Waals surface area contributed by atoms with E-state index in [1.54, 1.807) is 9.95 Å². The van der Waals surface area contributed by atoms with Crippen molar-refractivity contribution in [1.29, 1.82) is 0 Å². The smallest absolute Gasteiger partial charge is 0.307 e. The van der Waals surface area contributed by atoms with E-state index in [2.05, 4.69) is 26.1 Å². The zero-order valence-electron chi connectivity index (χ0n) is 13.2. The molecule has 3 atom stereocenters. The monoisotopic (exact) mass is 308 g/mol. The molecule has 1 N–H and O–H groups in total. The Morgan fingerprint density at radius 2 is 2.19 bits per heavy atom. The van der Waals surface area contributed by atoms with E-state index >= 15 is 0 Å². The molecule has 1 heterocycles. The summed E-state index contributed by atoms with van der Waals surface area (Å²) < 4.78 is 1.56. The van der Waals surface area contributed by atoms with Gasteiger partial charge < -0.3 is 5.32 Å². The summed E-state index contributed by atoms with van der Waals surface area (Å²) >= 11 is 1.15. The Morgan fingerprint density at radius 1 is 1.48 bits per heavy atom. The Hall–Kier alpha value is -1.10. The van der Waals surface area contributed by atoms with Crippen LogP contribution in [0.15, 0.2) is 10.2 Å². The maximum absolute atomic E-state index is 12.3. The Labute approximate surface area is 129 Å². The third kappa shape index (κ3) is 2.08. The number of thiazole rings is 1. The predicted molar refractivity (Wildman–Crippen MR) is 84.5 cm³/mol. The van der Waals surface area contributed by atoms with Crippen LogP contribution in [0.2, 0.25) is 0 Å². The minimum Gasteiger partial charge on any atom is -0.351 e. The average Bonchev–Trinajstić information content (AvgIpc) is 2.89. The number of nitrogens with one attached hydrogen (secondary N) is 1. The van der Waals surface area contributed by atoms with Gasteiger partial charge in [0.05, 0.1) is 0 Å². The minimum absolute atomic E-state index is 0.0341. The molecule has 2 saturated carbocycles. The van der Waals surface area contributed by atoms with Crippen molar-refractivity contribution in [2.24, 2.45) is 16.7 Å². The number of amides is 1. The summed E-state index contributed by atoms with van der Waals surface area (Å²) in [6.45, 7) is 9.00. The maximum atomic E-state index is 12.3. The van der Waals surface area contributed by atoms with Gasteiger partial charge in [0.2, 0.25) is 5.91 Å². The van der Waals surface area contributed by atoms with Crippen molar-refractivity contribution in [3.8, 4) is 0 Å². The van der Waals surface area contributed by atoms with Gasteiger partial charge in [0.15, 0.2) is 0 Å². The highest BCUT2D eigenvalue weighted by molar-refractivity contribution is 7.07. The number of aryl methyl sites for hydroxylation is 1. The van der Waals surface area contributed by atoms with Crippen molar-refractivity contribution in [3.05, 3.63) is 20.7 Å². The van der Waals surface area contributed by atoms with Crippen molar-refractivity contribution >= 4 is 17.2 Å². The molecule has 4 nitrogen and oxygen atoms in total. The molecular formula is C16H24N2O2S. The van der Waals surface area contributed by atoms with Gasteiger partial charge in [-0.2, -0.15) is 0 Å². The van der Waals surface area contributed by atoms with E-state index in [4.69, 9.17) is 0 Å². The van der Waals surface area contributed by atoms with E-state index in [9.17, 15) is 9.59 Å². The average molecular weight is 308 g/mol. The molecule has 1 aromatic heterocycles. The molecule has 0 saturated heterocycles. The molecule has 0 spiro atoms. The van der Waals surface area contributed by atoms with E-state index in [1.165, 1.54) is 12.8 Å². The molecule has 2 aliphatic rings. The third-order valence-corrected chi connectivity index (χ3v) is 7.29. The summed E-state index contributed by atoms with van der Waals surface area (Å²) in [6, 6.07) is 0.244. The Bertz CT molecular complexity index is 630. The summed E-state index contributed by atoms with van der Waals surface area (Å²) in [7, 11) is 0. The highest BCUT2D eigenvalue weighted by Gasteiger charge is 2.61. The summed E-state index contributed by atoms with van der Waals surface area (Å²) in [5.41, 5.74) is 1.34. The highest BCUT2D eigenvalue weighted by atomic mass is 32.1. The summed E-state index contributed by atoms with van der Waals surface area (Å²) in [5.74, 6) is 0.673. The third-order valence-electron chi connectivity index (χ3n) is 6.41. The molecule has 2 bridgehead atoms. The van der Waals surface area contributed by atoms with Gasteiger partial charge in [-0.05, 0) is 42.9 Å². The van der Waals surface area contributed by atoms with E-state index in [-0.39, 0.29) is 28.8 Å². The van der Waals surface area contributed by atoms with E-state index < -0.39 is 0 Å². The molecule has 2 aliphatic carbocycles. The fourth-order valence-corrected chi connectivity index (χ4v) is 5.14. The van der Waals surface area contributed by atoms with Crippen molar-refractivity contribution in [2.75, 3.05) is 0 Å². The van der Waals surface area contributed by atoms with Crippen LogP contribution in [0.25, 0.3) is 0 Å². The van der Waals surface area contributed by atoms with Gasteiger partial charge in [0.25, 0.3) is 0 Å². The topological polar surface area (TPSA) is 51.1 Å². The standard InChI is InChI=1S/C16H24N2O2S/c1-10-9-21-14(20)18(10)8-13(19)17-12-7-11-5-6-16(12,4)15(11,2)3/h9,11-12H,5-8H2,1-4H3,(H,17,19)/t11-,12+,16-/m1/s1. The van der Waals surface area contributed by atoms with Crippen LogP contribution < -0.4 is 10.2 Å². The summed E-state index contributed by atoms with van der Waals surface area (Å²) in [6.07, 6.45) is 3.54. The first kappa shape index (κ1) is 14.8. The molecule has 21 heavy (non-hydrogen) atoms. The zero-order valence-corrected chi connectivity index (χ0v) is 14.0. The predicted octanol–water partition coefficient (Wildman–Crippen LogP) is 2.55. The molecule has 1 aromatic rings. The number of aromatic nitrogens is 1. The maximum Gasteiger partial charge on any atom is 0.307 e. The lowest BCUT2D eigenvalue weighted by Gasteiger charge is -2.39. The summed E-state index contributed by atoms with van der Waals surface area (Å²) in [4.78, 5) is 24.0. The van der Waals surface area contributed by atoms with Crippen LogP contribution >= 0.6 is 11.3 Å². The zero-order chi connectivity index (χ0) is 15.4. The van der Waals surface area contributed by atoms with Crippen LogP contribution in [0.5, 0.6) is 0 Å². The van der Waals surface area contributed by atoms with Crippen LogP contribution in [-0.4, -0.2) is 16.5 Å². The number of rotatable bonds is 3. The lowest BCUT2D eigenvalue weighted by atomic mass is 9.69. The first-order chi connectivity index (χ1) is 9.75. The summed E-state index contributed by atoms with van der Waals surface area (Å²) in [5, 5.41) is 5.01. The molecule has 0 radical (unpaired) electrons. The number of nitrogens with zero attached hydrogens (tertiary/aromatic N) is 1. The minimum atomic E-state index is -0.0536. The van der Waals surface area contributed by atoms with Gasteiger partial charge in [-0.1, -0.05) is 32.1 Å². The lowest BCUT2D eigenvalue weighted by Crippen LogP contribution is -2.48. The van der Waals surface area contributed by atoms with Crippen LogP contribution in [-0.2, 0) is 11.3 Å². The van der Waals surface area contributed by atoms with Crippen LogP contribution in [0, 0.1) is 23.7 Å². The Morgan fingerprint density at radius 3 is 2.67 bits per heavy atom. The number of fused-ring (bicyclic) bond motifs is 2. The van der Waals surface area contributed by atoms with E-state index in [0.717, 1.165) is 23.5 Å². The molecule has 2 fully saturated rings. The largest absolute Gasteiger partial charge is 0.351 e. The fourth-order valence-electron chi connectivity index (χ4n) is 4.40. The lowest BCUT2D eigenvalue weighted by molar-refractivity contribution is -0.123. The molecule has 0 unspecified atom stereocenters. The van der Waals surface area contributed by atoms with Gasteiger partial charge in [0.1, 0.15) is 6.54 Å². The van der Waals surface area contributed by atoms with Gasteiger partial charge in [-0.25, -0.2) is 0 Å². The van der Waals surface area contributed by atoms with Gasteiger partial charge >= 0.3 is 4.87 Å². The van der Waals surface area contributed by atoms with Crippen LogP contribution in [0.3, 0.4) is 0 Å². The quantitative estimate of drug-likeness (QED) is 0.933. The molecule has 3 rings (SSSR count). The molecular weight excluding hydrogens is 284 g/mol. The SMILES string of the molecule is Cc1csc(=O)n1CC(=O)N[C@H]1C[C@H]2CC[C@@]1(C)C2(C)C. The van der Waals surface area contributed by atoms with Crippen molar-refractivity contribution in [1.82, 2.24) is 9.88 Å². The fraction of sp³-hybridized carbons (Fsp3) is 0.750. The van der Waals surface area contributed by atoms with Crippen molar-refractivity contribution in [3.63, 3.8) is 0 Å². The van der Waals surface area contributed by atoms with Crippen molar-refractivity contribution in [2.45, 2.75) is 59.5 Å². The van der Waals surface area contributed by atoms with Gasteiger partial charge in [0, 0.05) is 17.1 Å². The van der Waals surface area contributed by atoms with Crippen LogP contribution in [0.1, 0.15) is 45.7 Å². The first-order valence-corrected chi connectivity index (χ1v) is 8.58. The second-order valence-corrected chi connectivity index (χ2v) is 8.28. The molecule has 5 heteroatoms. The molecule has 116 valence electrons. The second kappa shape index (κ2) is 4.70. The Kier molecular flexibility index (Phi) is 3.32. The first-order valence-electron chi connectivity index (χ1n) is 7.70. The molecule has 0 aromatic carbocycles. The van der Waals surface area contributed by atoms with Crippen molar-refractivity contribution < 1.29 is 4.79 Å². The Balaban J connectivity index is 1.71. The normalized spacial score (nSPS) is 33.3.